The molecule has 1 unspecified atom stereocenters. The van der Waals surface area contributed by atoms with Crippen LogP contribution in [0.15, 0.2) is 0 Å². The van der Waals surface area contributed by atoms with E-state index in [0.717, 1.165) is 39.0 Å². The van der Waals surface area contributed by atoms with E-state index in [4.69, 9.17) is 0 Å². The number of carbonyl (C=O) groups is 2. The third-order valence-corrected chi connectivity index (χ3v) is 3.72. The van der Waals surface area contributed by atoms with Crippen molar-refractivity contribution in [2.24, 2.45) is 0 Å². The number of unbranched alkanes of at least 4 members (excludes halogenated alkanes) is 1. The normalized spacial score (nSPS) is 17.1. The Balaban J connectivity index is 2.34. The zero-order chi connectivity index (χ0) is 15.0. The molecule has 1 atom stereocenters. The first-order chi connectivity index (χ1) is 9.56. The zero-order valence-electron chi connectivity index (χ0n) is 12.9. The molecule has 20 heavy (non-hydrogen) atoms. The van der Waals surface area contributed by atoms with Crippen LogP contribution in [0.2, 0.25) is 0 Å². The van der Waals surface area contributed by atoms with Crippen LogP contribution >= 0.6 is 0 Å². The van der Waals surface area contributed by atoms with Crippen molar-refractivity contribution in [3.8, 4) is 0 Å². The molecule has 0 aromatic carbocycles. The Hall–Kier alpha value is -1.14. The van der Waals surface area contributed by atoms with Crippen molar-refractivity contribution in [2.45, 2.75) is 32.7 Å². The second kappa shape index (κ2) is 8.92. The number of hydrogen-bond acceptors (Lipinski definition) is 4. The number of nitrogens with one attached hydrogen (secondary N) is 2. The Morgan fingerprint density at radius 1 is 1.35 bits per heavy atom. The summed E-state index contributed by atoms with van der Waals surface area (Å²) in [4.78, 5) is 27.7. The SMILES string of the molecule is CCCCNC(=O)C(C)N(C)CC(=O)N1CCNCC1. The Morgan fingerprint density at radius 2 is 2.00 bits per heavy atom. The minimum atomic E-state index is -0.279. The summed E-state index contributed by atoms with van der Waals surface area (Å²) in [5, 5.41) is 6.12. The predicted octanol–water partition coefficient (Wildman–Crippen LogP) is -0.345. The Labute approximate surface area is 121 Å². The lowest BCUT2D eigenvalue weighted by Crippen LogP contribution is -2.52. The van der Waals surface area contributed by atoms with Gasteiger partial charge in [-0.15, -0.1) is 0 Å². The predicted molar refractivity (Wildman–Crippen MR) is 79.5 cm³/mol. The molecule has 2 amide bonds. The van der Waals surface area contributed by atoms with Gasteiger partial charge in [0, 0.05) is 32.7 Å². The van der Waals surface area contributed by atoms with Crippen molar-refractivity contribution < 1.29 is 9.59 Å². The summed E-state index contributed by atoms with van der Waals surface area (Å²) >= 11 is 0. The fraction of sp³-hybridized carbons (Fsp3) is 0.857. The third-order valence-electron chi connectivity index (χ3n) is 3.72. The van der Waals surface area contributed by atoms with Gasteiger partial charge in [0.15, 0.2) is 0 Å². The molecule has 0 aromatic rings. The van der Waals surface area contributed by atoms with Crippen LogP contribution in [0.1, 0.15) is 26.7 Å². The highest BCUT2D eigenvalue weighted by molar-refractivity contribution is 5.83. The summed E-state index contributed by atoms with van der Waals surface area (Å²) in [7, 11) is 1.82. The van der Waals surface area contributed by atoms with Crippen LogP contribution in [0.25, 0.3) is 0 Å². The van der Waals surface area contributed by atoms with E-state index in [9.17, 15) is 9.59 Å². The summed E-state index contributed by atoms with van der Waals surface area (Å²) < 4.78 is 0. The first-order valence-electron chi connectivity index (χ1n) is 7.52. The number of nitrogens with zero attached hydrogens (tertiary/aromatic N) is 2. The summed E-state index contributed by atoms with van der Waals surface area (Å²) in [6.07, 6.45) is 2.05. The largest absolute Gasteiger partial charge is 0.355 e. The Morgan fingerprint density at radius 3 is 2.60 bits per heavy atom. The van der Waals surface area contributed by atoms with Gasteiger partial charge < -0.3 is 15.5 Å². The van der Waals surface area contributed by atoms with E-state index in [1.165, 1.54) is 0 Å². The molecular weight excluding hydrogens is 256 g/mol. The fourth-order valence-corrected chi connectivity index (χ4v) is 2.10. The molecule has 1 aliphatic heterocycles. The highest BCUT2D eigenvalue weighted by Gasteiger charge is 2.23. The van der Waals surface area contributed by atoms with E-state index >= 15 is 0 Å². The molecule has 1 heterocycles. The summed E-state index contributed by atoms with van der Waals surface area (Å²) in [5.74, 6) is 0.0938. The highest BCUT2D eigenvalue weighted by Crippen LogP contribution is 2.00. The number of amides is 2. The molecule has 0 radical (unpaired) electrons. The second-order valence-electron chi connectivity index (χ2n) is 5.37. The molecular formula is C14H28N4O2. The molecule has 2 N–H and O–H groups in total. The van der Waals surface area contributed by atoms with Gasteiger partial charge in [0.05, 0.1) is 12.6 Å². The molecule has 6 nitrogen and oxygen atoms in total. The molecule has 6 heteroatoms. The maximum atomic E-state index is 12.1. The fourth-order valence-electron chi connectivity index (χ4n) is 2.10. The molecule has 0 aliphatic carbocycles. The van der Waals surface area contributed by atoms with Crippen LogP contribution in [0.5, 0.6) is 0 Å². The third kappa shape index (κ3) is 5.46. The molecule has 1 fully saturated rings. The molecule has 0 spiro atoms. The van der Waals surface area contributed by atoms with Gasteiger partial charge in [0.2, 0.25) is 11.8 Å². The van der Waals surface area contributed by atoms with Gasteiger partial charge in [0.1, 0.15) is 0 Å². The Kier molecular flexibility index (Phi) is 7.54. The first kappa shape index (κ1) is 16.9. The van der Waals surface area contributed by atoms with Crippen molar-refractivity contribution in [1.82, 2.24) is 20.4 Å². The molecule has 0 aromatic heterocycles. The molecule has 1 rings (SSSR count). The summed E-state index contributed by atoms with van der Waals surface area (Å²) in [6, 6.07) is -0.279. The average Bonchev–Trinajstić information content (AvgIpc) is 2.47. The van der Waals surface area contributed by atoms with E-state index < -0.39 is 0 Å². The molecule has 1 saturated heterocycles. The standard InChI is InChI=1S/C14H28N4O2/c1-4-5-6-16-14(20)12(2)17(3)11-13(19)18-9-7-15-8-10-18/h12,15H,4-11H2,1-3H3,(H,16,20). The van der Waals surface area contributed by atoms with E-state index in [-0.39, 0.29) is 17.9 Å². The Bertz CT molecular complexity index is 316. The molecule has 116 valence electrons. The summed E-state index contributed by atoms with van der Waals surface area (Å²) in [5.41, 5.74) is 0. The first-order valence-corrected chi connectivity index (χ1v) is 7.52. The number of rotatable bonds is 7. The van der Waals surface area contributed by atoms with Gasteiger partial charge in [-0.3, -0.25) is 14.5 Å². The van der Waals surface area contributed by atoms with E-state index in [1.807, 2.05) is 23.8 Å². The number of carbonyl (C=O) groups excluding carboxylic acids is 2. The van der Waals surface area contributed by atoms with Gasteiger partial charge in [0.25, 0.3) is 0 Å². The van der Waals surface area contributed by atoms with E-state index in [2.05, 4.69) is 17.6 Å². The van der Waals surface area contributed by atoms with Crippen LogP contribution in [-0.2, 0) is 9.59 Å². The van der Waals surface area contributed by atoms with Crippen LogP contribution in [0.3, 0.4) is 0 Å². The number of likely N-dealkylation sites (N-methyl/N-ethyl adjacent to an activating group) is 1. The second-order valence-corrected chi connectivity index (χ2v) is 5.37. The van der Waals surface area contributed by atoms with Gasteiger partial charge >= 0.3 is 0 Å². The zero-order valence-corrected chi connectivity index (χ0v) is 12.9. The smallest absolute Gasteiger partial charge is 0.237 e. The maximum Gasteiger partial charge on any atom is 0.237 e. The monoisotopic (exact) mass is 284 g/mol. The lowest BCUT2D eigenvalue weighted by atomic mass is 10.2. The van der Waals surface area contributed by atoms with Crippen LogP contribution in [-0.4, -0.2) is 74.0 Å². The van der Waals surface area contributed by atoms with Gasteiger partial charge in [-0.1, -0.05) is 13.3 Å². The van der Waals surface area contributed by atoms with Crippen molar-refractivity contribution in [3.05, 3.63) is 0 Å². The van der Waals surface area contributed by atoms with E-state index in [1.54, 1.807) is 0 Å². The quantitative estimate of drug-likeness (QED) is 0.628. The molecule has 1 aliphatic rings. The van der Waals surface area contributed by atoms with Crippen molar-refractivity contribution in [3.63, 3.8) is 0 Å². The van der Waals surface area contributed by atoms with Crippen molar-refractivity contribution in [2.75, 3.05) is 46.3 Å². The van der Waals surface area contributed by atoms with Crippen LogP contribution in [0, 0.1) is 0 Å². The molecule has 0 saturated carbocycles. The number of hydrogen-bond donors (Lipinski definition) is 2. The minimum Gasteiger partial charge on any atom is -0.355 e. The maximum absolute atomic E-state index is 12.1. The van der Waals surface area contributed by atoms with E-state index in [0.29, 0.717) is 13.1 Å². The van der Waals surface area contributed by atoms with Gasteiger partial charge in [-0.05, 0) is 20.4 Å². The summed E-state index contributed by atoms with van der Waals surface area (Å²) in [6.45, 7) is 8.14. The van der Waals surface area contributed by atoms with Gasteiger partial charge in [-0.25, -0.2) is 0 Å². The van der Waals surface area contributed by atoms with Crippen molar-refractivity contribution in [1.29, 1.82) is 0 Å². The molecule has 0 bridgehead atoms. The van der Waals surface area contributed by atoms with Gasteiger partial charge in [-0.2, -0.15) is 0 Å². The lowest BCUT2D eigenvalue weighted by Gasteiger charge is -2.30. The topological polar surface area (TPSA) is 64.7 Å². The minimum absolute atomic E-state index is 0.00550. The lowest BCUT2D eigenvalue weighted by molar-refractivity contribution is -0.134. The van der Waals surface area contributed by atoms with Crippen molar-refractivity contribution >= 4 is 11.8 Å². The number of piperazine rings is 1. The average molecular weight is 284 g/mol. The van der Waals surface area contributed by atoms with Crippen LogP contribution < -0.4 is 10.6 Å². The highest BCUT2D eigenvalue weighted by atomic mass is 16.2. The van der Waals surface area contributed by atoms with Crippen LogP contribution in [0.4, 0.5) is 0 Å².